The first-order chi connectivity index (χ1) is 9.19. The summed E-state index contributed by atoms with van der Waals surface area (Å²) >= 11 is 1.76. The average Bonchev–Trinajstić information content (AvgIpc) is 2.82. The van der Waals surface area contributed by atoms with Crippen molar-refractivity contribution in [3.8, 4) is 0 Å². The van der Waals surface area contributed by atoms with Gasteiger partial charge in [0, 0.05) is 18.3 Å². The Morgan fingerprint density at radius 3 is 2.79 bits per heavy atom. The van der Waals surface area contributed by atoms with Crippen LogP contribution in [-0.2, 0) is 13.0 Å². The van der Waals surface area contributed by atoms with E-state index >= 15 is 0 Å². The normalized spacial score (nSPS) is 10.9. The van der Waals surface area contributed by atoms with Crippen LogP contribution in [0.25, 0.3) is 0 Å². The molecule has 102 valence electrons. The number of aryl methyl sites for hydroxylation is 2. The van der Waals surface area contributed by atoms with Crippen molar-refractivity contribution in [2.24, 2.45) is 0 Å². The second-order valence-corrected chi connectivity index (χ2v) is 5.95. The monoisotopic (exact) mass is 274 g/mol. The van der Waals surface area contributed by atoms with Gasteiger partial charge in [0.1, 0.15) is 0 Å². The standard InChI is InChI=1S/C16H22N2S/c1-4-7-17-10-15-11-19-16(18-15)9-14-6-5-12(2)13(3)8-14/h5-6,8,11,17H,4,7,9-10H2,1-3H3. The lowest BCUT2D eigenvalue weighted by Gasteiger charge is -2.03. The van der Waals surface area contributed by atoms with Crippen molar-refractivity contribution in [2.45, 2.75) is 40.2 Å². The quantitative estimate of drug-likeness (QED) is 0.809. The number of thiazole rings is 1. The summed E-state index contributed by atoms with van der Waals surface area (Å²) in [6.45, 7) is 8.45. The van der Waals surface area contributed by atoms with E-state index < -0.39 is 0 Å². The molecule has 0 aliphatic heterocycles. The molecule has 0 saturated carbocycles. The molecule has 2 aromatic rings. The first kappa shape index (κ1) is 14.2. The molecule has 3 heteroatoms. The maximum absolute atomic E-state index is 4.69. The van der Waals surface area contributed by atoms with Gasteiger partial charge in [0.25, 0.3) is 0 Å². The van der Waals surface area contributed by atoms with Crippen molar-refractivity contribution in [3.05, 3.63) is 51.0 Å². The number of benzene rings is 1. The van der Waals surface area contributed by atoms with Crippen molar-refractivity contribution in [1.29, 1.82) is 0 Å². The van der Waals surface area contributed by atoms with Crippen LogP contribution in [0.4, 0.5) is 0 Å². The van der Waals surface area contributed by atoms with Gasteiger partial charge in [-0.25, -0.2) is 4.98 Å². The van der Waals surface area contributed by atoms with Crippen LogP contribution >= 0.6 is 11.3 Å². The van der Waals surface area contributed by atoms with E-state index in [1.165, 1.54) is 28.1 Å². The third kappa shape index (κ3) is 4.15. The lowest BCUT2D eigenvalue weighted by molar-refractivity contribution is 0.665. The van der Waals surface area contributed by atoms with Crippen molar-refractivity contribution in [2.75, 3.05) is 6.54 Å². The van der Waals surface area contributed by atoms with Crippen LogP contribution in [0.2, 0.25) is 0 Å². The molecule has 0 spiro atoms. The average molecular weight is 274 g/mol. The zero-order chi connectivity index (χ0) is 13.7. The van der Waals surface area contributed by atoms with Crippen LogP contribution < -0.4 is 5.32 Å². The number of hydrogen-bond acceptors (Lipinski definition) is 3. The fraction of sp³-hybridized carbons (Fsp3) is 0.438. The van der Waals surface area contributed by atoms with Gasteiger partial charge in [-0.2, -0.15) is 0 Å². The molecule has 0 aliphatic carbocycles. The maximum Gasteiger partial charge on any atom is 0.0972 e. The minimum absolute atomic E-state index is 0.886. The number of aromatic nitrogens is 1. The van der Waals surface area contributed by atoms with Gasteiger partial charge >= 0.3 is 0 Å². The molecule has 19 heavy (non-hydrogen) atoms. The van der Waals surface area contributed by atoms with Crippen molar-refractivity contribution < 1.29 is 0 Å². The molecular weight excluding hydrogens is 252 g/mol. The number of rotatable bonds is 6. The highest BCUT2D eigenvalue weighted by molar-refractivity contribution is 7.09. The van der Waals surface area contributed by atoms with Gasteiger partial charge in [0.15, 0.2) is 0 Å². The Bertz CT molecular complexity index is 531. The molecule has 2 rings (SSSR count). The number of nitrogens with zero attached hydrogens (tertiary/aromatic N) is 1. The Kier molecular flexibility index (Phi) is 5.11. The molecular formula is C16H22N2S. The molecule has 0 bridgehead atoms. The Labute approximate surface area is 119 Å². The number of hydrogen-bond donors (Lipinski definition) is 1. The minimum Gasteiger partial charge on any atom is -0.311 e. The Hall–Kier alpha value is -1.19. The molecule has 1 aromatic heterocycles. The summed E-state index contributed by atoms with van der Waals surface area (Å²) in [6.07, 6.45) is 2.11. The van der Waals surface area contributed by atoms with Crippen LogP contribution in [0.5, 0.6) is 0 Å². The van der Waals surface area contributed by atoms with Crippen LogP contribution in [0.1, 0.15) is 40.7 Å². The van der Waals surface area contributed by atoms with Gasteiger partial charge in [-0.15, -0.1) is 11.3 Å². The smallest absolute Gasteiger partial charge is 0.0972 e. The SMILES string of the molecule is CCCNCc1csc(Cc2ccc(C)c(C)c2)n1. The van der Waals surface area contributed by atoms with E-state index in [0.717, 1.165) is 25.2 Å². The van der Waals surface area contributed by atoms with Crippen molar-refractivity contribution >= 4 is 11.3 Å². The second kappa shape index (κ2) is 6.83. The van der Waals surface area contributed by atoms with Crippen molar-refractivity contribution in [1.82, 2.24) is 10.3 Å². The largest absolute Gasteiger partial charge is 0.311 e. The van der Waals surface area contributed by atoms with Gasteiger partial charge in [-0.1, -0.05) is 25.1 Å². The highest BCUT2D eigenvalue weighted by atomic mass is 32.1. The fourth-order valence-corrected chi connectivity index (χ4v) is 2.82. The molecule has 1 heterocycles. The second-order valence-electron chi connectivity index (χ2n) is 5.00. The van der Waals surface area contributed by atoms with E-state index in [-0.39, 0.29) is 0 Å². The van der Waals surface area contributed by atoms with Crippen LogP contribution in [0.3, 0.4) is 0 Å². The van der Waals surface area contributed by atoms with E-state index in [2.05, 4.69) is 54.7 Å². The summed E-state index contributed by atoms with van der Waals surface area (Å²) in [5, 5.41) is 6.76. The minimum atomic E-state index is 0.886. The van der Waals surface area contributed by atoms with Crippen LogP contribution in [0.15, 0.2) is 23.6 Å². The molecule has 1 N–H and O–H groups in total. The van der Waals surface area contributed by atoms with Crippen molar-refractivity contribution in [3.63, 3.8) is 0 Å². The van der Waals surface area contributed by atoms with Gasteiger partial charge in [0.2, 0.25) is 0 Å². The Morgan fingerprint density at radius 1 is 1.21 bits per heavy atom. The highest BCUT2D eigenvalue weighted by Crippen LogP contribution is 2.17. The summed E-state index contributed by atoms with van der Waals surface area (Å²) in [5.74, 6) is 0. The molecule has 0 fully saturated rings. The summed E-state index contributed by atoms with van der Waals surface area (Å²) in [5.41, 5.74) is 5.23. The number of nitrogens with one attached hydrogen (secondary N) is 1. The first-order valence-electron chi connectivity index (χ1n) is 6.89. The third-order valence-electron chi connectivity index (χ3n) is 3.26. The first-order valence-corrected chi connectivity index (χ1v) is 7.77. The zero-order valence-corrected chi connectivity index (χ0v) is 12.8. The van der Waals surface area contributed by atoms with E-state index in [4.69, 9.17) is 0 Å². The summed E-state index contributed by atoms with van der Waals surface area (Å²) in [6, 6.07) is 6.67. The van der Waals surface area contributed by atoms with E-state index in [9.17, 15) is 0 Å². The third-order valence-corrected chi connectivity index (χ3v) is 4.16. The van der Waals surface area contributed by atoms with E-state index in [0.29, 0.717) is 0 Å². The van der Waals surface area contributed by atoms with Gasteiger partial charge in [-0.05, 0) is 43.5 Å². The van der Waals surface area contributed by atoms with Gasteiger partial charge in [-0.3, -0.25) is 0 Å². The topological polar surface area (TPSA) is 24.9 Å². The predicted molar refractivity (Wildman–Crippen MR) is 82.8 cm³/mol. The predicted octanol–water partition coefficient (Wildman–Crippen LogP) is 3.85. The molecule has 1 aromatic carbocycles. The van der Waals surface area contributed by atoms with E-state index in [1.54, 1.807) is 11.3 Å². The molecule has 0 aliphatic rings. The molecule has 0 saturated heterocycles. The fourth-order valence-electron chi connectivity index (χ4n) is 1.99. The van der Waals surface area contributed by atoms with Gasteiger partial charge < -0.3 is 5.32 Å². The summed E-state index contributed by atoms with van der Waals surface area (Å²) in [4.78, 5) is 4.69. The Morgan fingerprint density at radius 2 is 2.05 bits per heavy atom. The summed E-state index contributed by atoms with van der Waals surface area (Å²) in [7, 11) is 0. The van der Waals surface area contributed by atoms with Crippen LogP contribution in [0, 0.1) is 13.8 Å². The van der Waals surface area contributed by atoms with E-state index in [1.807, 2.05) is 0 Å². The molecule has 0 radical (unpaired) electrons. The zero-order valence-electron chi connectivity index (χ0n) is 12.0. The summed E-state index contributed by atoms with van der Waals surface area (Å²) < 4.78 is 0. The lowest BCUT2D eigenvalue weighted by atomic mass is 10.0. The molecule has 2 nitrogen and oxygen atoms in total. The van der Waals surface area contributed by atoms with Gasteiger partial charge in [0.05, 0.1) is 10.7 Å². The molecule has 0 atom stereocenters. The molecule has 0 amide bonds. The lowest BCUT2D eigenvalue weighted by Crippen LogP contribution is -2.13. The maximum atomic E-state index is 4.69. The Balaban J connectivity index is 1.97. The highest BCUT2D eigenvalue weighted by Gasteiger charge is 2.04. The molecule has 0 unspecified atom stereocenters. The van der Waals surface area contributed by atoms with Crippen LogP contribution in [-0.4, -0.2) is 11.5 Å².